The molecule has 1 unspecified atom stereocenters. The first kappa shape index (κ1) is 34.5. The van der Waals surface area contributed by atoms with Crippen molar-refractivity contribution in [1.82, 2.24) is 15.5 Å². The average Bonchev–Trinajstić information content (AvgIpc) is 2.90. The maximum absolute atomic E-state index is 13.3. The number of fused-ring (bicyclic) bond motifs is 1. The fraction of sp³-hybridized carbons (Fsp3) is 0.619. The maximum Gasteiger partial charge on any atom is 0.407 e. The second-order valence-corrected chi connectivity index (χ2v) is 11.9. The van der Waals surface area contributed by atoms with Crippen molar-refractivity contribution in [3.63, 3.8) is 0 Å². The van der Waals surface area contributed by atoms with Crippen LogP contribution in [0.5, 0.6) is 0 Å². The first-order valence-corrected chi connectivity index (χ1v) is 13.7. The number of carbonyl (C=O) groups excluding carboxylic acids is 5. The standard InChI is InChI=1S/C21H27Cl3N4O12S/c1-36-9-40-15(32)13-10(6-38-18(25)34)7-41-17-21(37-2,16(33)28(13)17)27-12(29)5-3-4-11(14(30)31)26-19(35)39-8-20(22,23)24/h11,17H,3-9H2,1-2H3,(H2,25,34)(H,26,35)(H,27,29)(H,30,31)/t11?,17-,21-/m0/s1. The smallest absolute Gasteiger partial charge is 0.407 e. The molecule has 5 N–H and O–H groups in total. The lowest BCUT2D eigenvalue weighted by molar-refractivity contribution is -0.193. The third kappa shape index (κ3) is 9.14. The lowest BCUT2D eigenvalue weighted by atomic mass is 9.97. The number of β-lactam (4-membered cyclic amide) rings is 1. The van der Waals surface area contributed by atoms with Crippen LogP contribution >= 0.6 is 46.6 Å². The van der Waals surface area contributed by atoms with E-state index < -0.39 is 70.3 Å². The molecule has 230 valence electrons. The lowest BCUT2D eigenvalue weighted by Gasteiger charge is -2.55. The molecular weight excluding hydrogens is 639 g/mol. The highest BCUT2D eigenvalue weighted by Gasteiger charge is 2.66. The number of amides is 4. The number of thioether (sulfide) groups is 1. The molecular formula is C21H27Cl3N4O12S. The topological polar surface area (TPSA) is 222 Å². The summed E-state index contributed by atoms with van der Waals surface area (Å²) >= 11 is 17.5. The molecule has 0 aromatic heterocycles. The second kappa shape index (κ2) is 15.0. The Hall–Kier alpha value is -2.70. The molecule has 1 fully saturated rings. The highest BCUT2D eigenvalue weighted by atomic mass is 35.6. The Bertz CT molecular complexity index is 1090. The predicted molar refractivity (Wildman–Crippen MR) is 142 cm³/mol. The van der Waals surface area contributed by atoms with Crippen molar-refractivity contribution >= 4 is 82.5 Å². The molecule has 0 aliphatic carbocycles. The van der Waals surface area contributed by atoms with Gasteiger partial charge in [0, 0.05) is 32.0 Å². The molecule has 0 bridgehead atoms. The molecule has 0 radical (unpaired) electrons. The summed E-state index contributed by atoms with van der Waals surface area (Å²) in [4.78, 5) is 74.2. The summed E-state index contributed by atoms with van der Waals surface area (Å²) in [5.74, 6) is -3.75. The van der Waals surface area contributed by atoms with Gasteiger partial charge in [0.15, 0.2) is 6.79 Å². The number of ether oxygens (including phenoxy) is 5. The van der Waals surface area contributed by atoms with Gasteiger partial charge in [0.1, 0.15) is 30.3 Å². The van der Waals surface area contributed by atoms with Crippen molar-refractivity contribution in [2.45, 2.75) is 40.2 Å². The van der Waals surface area contributed by atoms with Gasteiger partial charge in [-0.05, 0) is 12.8 Å². The van der Waals surface area contributed by atoms with E-state index in [-0.39, 0.29) is 42.9 Å². The molecule has 4 amide bonds. The fourth-order valence-corrected chi connectivity index (χ4v) is 5.29. The fourth-order valence-electron chi connectivity index (χ4n) is 3.71. The molecule has 3 atom stereocenters. The minimum atomic E-state index is -1.89. The van der Waals surface area contributed by atoms with Crippen molar-refractivity contribution in [1.29, 1.82) is 0 Å². The number of alkyl halides is 3. The largest absolute Gasteiger partial charge is 0.480 e. The second-order valence-electron chi connectivity index (χ2n) is 8.34. The monoisotopic (exact) mass is 664 g/mol. The van der Waals surface area contributed by atoms with Gasteiger partial charge < -0.3 is 45.2 Å². The number of hydrogen-bond donors (Lipinski definition) is 4. The number of alkyl carbamates (subject to hydrolysis) is 1. The number of esters is 1. The highest BCUT2D eigenvalue weighted by molar-refractivity contribution is 8.00. The Balaban J connectivity index is 2.05. The molecule has 1 saturated heterocycles. The Labute approximate surface area is 252 Å². The summed E-state index contributed by atoms with van der Waals surface area (Å²) in [7, 11) is 2.47. The van der Waals surface area contributed by atoms with E-state index in [0.717, 1.165) is 16.7 Å². The molecule has 41 heavy (non-hydrogen) atoms. The predicted octanol–water partition coefficient (Wildman–Crippen LogP) is 0.577. The zero-order valence-corrected chi connectivity index (χ0v) is 24.7. The molecule has 2 aliphatic rings. The van der Waals surface area contributed by atoms with E-state index >= 15 is 0 Å². The minimum absolute atomic E-state index is 0.0356. The van der Waals surface area contributed by atoms with Crippen LogP contribution < -0.4 is 16.4 Å². The Morgan fingerprint density at radius 1 is 1.20 bits per heavy atom. The van der Waals surface area contributed by atoms with E-state index in [1.807, 2.05) is 0 Å². The van der Waals surface area contributed by atoms with Crippen LogP contribution in [0.15, 0.2) is 11.3 Å². The number of carbonyl (C=O) groups is 6. The first-order chi connectivity index (χ1) is 19.2. The number of aliphatic carboxylic acids is 1. The summed E-state index contributed by atoms with van der Waals surface area (Å²) in [5, 5.41) is 13.0. The number of hydrogen-bond acceptors (Lipinski definition) is 12. The number of nitrogens with one attached hydrogen (secondary N) is 2. The highest BCUT2D eigenvalue weighted by Crippen LogP contribution is 2.47. The van der Waals surface area contributed by atoms with E-state index in [1.165, 1.54) is 14.2 Å². The van der Waals surface area contributed by atoms with Gasteiger partial charge in [0.25, 0.3) is 11.6 Å². The quantitative estimate of drug-likeness (QED) is 0.0656. The molecule has 0 aromatic rings. The number of primary amides is 1. The minimum Gasteiger partial charge on any atom is -0.480 e. The van der Waals surface area contributed by atoms with Crippen molar-refractivity contribution in [3.05, 3.63) is 11.3 Å². The van der Waals surface area contributed by atoms with Gasteiger partial charge in [-0.1, -0.05) is 34.8 Å². The molecule has 0 spiro atoms. The van der Waals surface area contributed by atoms with Crippen molar-refractivity contribution in [2.75, 3.05) is 40.0 Å². The van der Waals surface area contributed by atoms with Crippen LogP contribution in [-0.4, -0.2) is 107 Å². The van der Waals surface area contributed by atoms with Gasteiger partial charge in [-0.3, -0.25) is 14.5 Å². The van der Waals surface area contributed by atoms with Gasteiger partial charge in [0.2, 0.25) is 9.70 Å². The lowest BCUT2D eigenvalue weighted by Crippen LogP contribution is -2.80. The molecule has 0 saturated carbocycles. The number of methoxy groups -OCH3 is 2. The van der Waals surface area contributed by atoms with Crippen LogP contribution in [0.1, 0.15) is 19.3 Å². The van der Waals surface area contributed by atoms with Crippen LogP contribution in [0.4, 0.5) is 9.59 Å². The van der Waals surface area contributed by atoms with Crippen LogP contribution in [0, 0.1) is 0 Å². The first-order valence-electron chi connectivity index (χ1n) is 11.5. The third-order valence-electron chi connectivity index (χ3n) is 5.50. The van der Waals surface area contributed by atoms with E-state index in [0.29, 0.717) is 0 Å². The molecule has 2 rings (SSSR count). The van der Waals surface area contributed by atoms with Crippen molar-refractivity contribution in [3.8, 4) is 0 Å². The number of rotatable bonds is 14. The van der Waals surface area contributed by atoms with Crippen LogP contribution in [0.3, 0.4) is 0 Å². The average molecular weight is 666 g/mol. The molecule has 2 aliphatic heterocycles. The van der Waals surface area contributed by atoms with Crippen LogP contribution in [0.2, 0.25) is 0 Å². The summed E-state index contributed by atoms with van der Waals surface area (Å²) in [6.45, 7) is -1.43. The Kier molecular flexibility index (Phi) is 12.6. The number of nitrogens with two attached hydrogens (primary N) is 1. The molecule has 2 heterocycles. The Morgan fingerprint density at radius 3 is 2.44 bits per heavy atom. The maximum atomic E-state index is 13.3. The normalized spacial score (nSPS) is 20.8. The zero-order chi connectivity index (χ0) is 31.0. The number of carboxylic acids is 1. The SMILES string of the molecule is COCOC(=O)C1=C(COC(N)=O)CS[C@@H]2N1C(=O)[C@]2(NC(=O)CCCC(NC(=O)OCC(Cl)(Cl)Cl)C(=O)O)OC. The van der Waals surface area contributed by atoms with Gasteiger partial charge >= 0.3 is 24.1 Å². The summed E-state index contributed by atoms with van der Waals surface area (Å²) < 4.78 is 22.6. The number of halogens is 3. The van der Waals surface area contributed by atoms with Crippen LogP contribution in [-0.2, 0) is 42.9 Å². The van der Waals surface area contributed by atoms with Gasteiger partial charge in [-0.15, -0.1) is 11.8 Å². The van der Waals surface area contributed by atoms with E-state index in [2.05, 4.69) is 15.4 Å². The molecule has 0 aromatic carbocycles. The summed E-state index contributed by atoms with van der Waals surface area (Å²) in [6, 6.07) is -1.43. The van der Waals surface area contributed by atoms with Crippen molar-refractivity contribution in [2.24, 2.45) is 5.73 Å². The number of nitrogens with zero attached hydrogens (tertiary/aromatic N) is 1. The third-order valence-corrected chi connectivity index (χ3v) is 7.20. The van der Waals surface area contributed by atoms with E-state index in [4.69, 9.17) is 59.5 Å². The molecule has 16 nitrogen and oxygen atoms in total. The van der Waals surface area contributed by atoms with Gasteiger partial charge in [-0.2, -0.15) is 0 Å². The van der Waals surface area contributed by atoms with Gasteiger partial charge in [0.05, 0.1) is 0 Å². The van der Waals surface area contributed by atoms with E-state index in [1.54, 1.807) is 0 Å². The summed E-state index contributed by atoms with van der Waals surface area (Å²) in [5.41, 5.74) is 3.17. The zero-order valence-electron chi connectivity index (χ0n) is 21.6. The van der Waals surface area contributed by atoms with Crippen LogP contribution in [0.25, 0.3) is 0 Å². The number of carboxylic acid groups (broad SMARTS) is 1. The van der Waals surface area contributed by atoms with E-state index in [9.17, 15) is 33.9 Å². The van der Waals surface area contributed by atoms with Crippen molar-refractivity contribution < 1.29 is 57.6 Å². The van der Waals surface area contributed by atoms with Gasteiger partial charge in [-0.25, -0.2) is 19.2 Å². The summed E-state index contributed by atoms with van der Waals surface area (Å²) in [6.07, 6.45) is -2.73. The molecule has 20 heteroatoms. The Morgan fingerprint density at radius 2 is 1.88 bits per heavy atom.